The Hall–Kier alpha value is -3.77. The molecule has 1 unspecified atom stereocenters. The van der Waals surface area contributed by atoms with Crippen molar-refractivity contribution in [2.45, 2.75) is 39.3 Å². The third kappa shape index (κ3) is 4.71. The van der Waals surface area contributed by atoms with Crippen LogP contribution in [-0.2, 0) is 6.42 Å². The van der Waals surface area contributed by atoms with E-state index in [-0.39, 0.29) is 0 Å². The Morgan fingerprint density at radius 3 is 2.52 bits per heavy atom. The molecule has 2 N–H and O–H groups in total. The maximum Gasteiger partial charge on any atom is 0.146 e. The first-order chi connectivity index (χ1) is 16.0. The predicted octanol–water partition coefficient (Wildman–Crippen LogP) is 5.89. The number of H-pyrrole nitrogens is 1. The lowest BCUT2D eigenvalue weighted by Crippen LogP contribution is -2.33. The minimum atomic E-state index is 0.427. The first-order valence-electron chi connectivity index (χ1n) is 11.3. The number of nitrogens with one attached hydrogen (secondary N) is 2. The maximum absolute atomic E-state index is 6.13. The molecule has 4 aromatic heterocycles. The normalized spacial score (nSPS) is 12.5. The molecule has 0 bridgehead atoms. The minimum Gasteiger partial charge on any atom is -0.456 e. The van der Waals surface area contributed by atoms with Crippen LogP contribution in [0.15, 0.2) is 73.3 Å². The summed E-state index contributed by atoms with van der Waals surface area (Å²) in [6.07, 6.45) is 8.15. The largest absolute Gasteiger partial charge is 0.456 e. The summed E-state index contributed by atoms with van der Waals surface area (Å²) in [7, 11) is 0. The molecule has 1 atom stereocenters. The van der Waals surface area contributed by atoms with Crippen LogP contribution in [0.5, 0.6) is 11.5 Å². The Balaban J connectivity index is 1.39. The molecule has 4 heterocycles. The Bertz CT molecular complexity index is 1380. The predicted molar refractivity (Wildman–Crippen MR) is 133 cm³/mol. The lowest BCUT2D eigenvalue weighted by atomic mass is 10.1. The van der Waals surface area contributed by atoms with Crippen LogP contribution in [0, 0.1) is 0 Å². The van der Waals surface area contributed by atoms with Gasteiger partial charge in [0, 0.05) is 40.8 Å². The van der Waals surface area contributed by atoms with Crippen LogP contribution < -0.4 is 10.1 Å². The summed E-state index contributed by atoms with van der Waals surface area (Å²) in [5.41, 5.74) is 4.88. The molecule has 0 spiro atoms. The molecule has 0 saturated heterocycles. The second kappa shape index (κ2) is 9.00. The van der Waals surface area contributed by atoms with Gasteiger partial charge in [0.25, 0.3) is 0 Å². The van der Waals surface area contributed by atoms with Gasteiger partial charge < -0.3 is 15.0 Å². The van der Waals surface area contributed by atoms with Crippen molar-refractivity contribution in [1.82, 2.24) is 25.3 Å². The monoisotopic (exact) mass is 437 g/mol. The van der Waals surface area contributed by atoms with Crippen molar-refractivity contribution in [3.8, 4) is 22.8 Å². The Morgan fingerprint density at radius 2 is 1.76 bits per heavy atom. The fourth-order valence-corrected chi connectivity index (χ4v) is 4.20. The van der Waals surface area contributed by atoms with Crippen molar-refractivity contribution >= 4 is 21.9 Å². The number of pyridine rings is 3. The molecule has 1 aromatic carbocycles. The second-order valence-corrected chi connectivity index (χ2v) is 8.72. The topological polar surface area (TPSA) is 75.7 Å². The van der Waals surface area contributed by atoms with Gasteiger partial charge in [0.15, 0.2) is 0 Å². The van der Waals surface area contributed by atoms with Gasteiger partial charge in [-0.3, -0.25) is 9.97 Å². The van der Waals surface area contributed by atoms with Crippen molar-refractivity contribution in [3.05, 3.63) is 78.9 Å². The first kappa shape index (κ1) is 21.1. The molecule has 0 amide bonds. The van der Waals surface area contributed by atoms with E-state index in [1.165, 1.54) is 5.56 Å². The number of aromatic amines is 1. The Labute approximate surface area is 193 Å². The van der Waals surface area contributed by atoms with E-state index in [2.05, 4.69) is 64.2 Å². The fourth-order valence-electron chi connectivity index (χ4n) is 4.20. The minimum absolute atomic E-state index is 0.427. The zero-order valence-electron chi connectivity index (χ0n) is 19.0. The molecule has 0 aliphatic rings. The van der Waals surface area contributed by atoms with Crippen LogP contribution in [0.1, 0.15) is 26.3 Å². The number of hydrogen-bond donors (Lipinski definition) is 2. The van der Waals surface area contributed by atoms with Gasteiger partial charge >= 0.3 is 0 Å². The van der Waals surface area contributed by atoms with Gasteiger partial charge in [0.05, 0.1) is 23.6 Å². The number of ether oxygens (including phenoxy) is 1. The van der Waals surface area contributed by atoms with E-state index in [1.54, 1.807) is 12.4 Å². The number of hydrogen-bond acceptors (Lipinski definition) is 5. The third-order valence-electron chi connectivity index (χ3n) is 5.59. The van der Waals surface area contributed by atoms with E-state index in [0.717, 1.165) is 45.4 Å². The molecule has 5 rings (SSSR count). The average Bonchev–Trinajstić information content (AvgIpc) is 3.18. The lowest BCUT2D eigenvalue weighted by Gasteiger charge is -2.17. The highest BCUT2D eigenvalue weighted by molar-refractivity contribution is 6.06. The molecule has 33 heavy (non-hydrogen) atoms. The number of fused-ring (bicyclic) bond motifs is 3. The summed E-state index contributed by atoms with van der Waals surface area (Å²) < 4.78 is 6.13. The number of benzene rings is 1. The zero-order chi connectivity index (χ0) is 22.8. The van der Waals surface area contributed by atoms with E-state index in [4.69, 9.17) is 4.74 Å². The molecule has 0 fully saturated rings. The maximum atomic E-state index is 6.13. The van der Waals surface area contributed by atoms with E-state index in [0.29, 0.717) is 17.8 Å². The van der Waals surface area contributed by atoms with Crippen molar-refractivity contribution in [3.63, 3.8) is 0 Å². The smallest absolute Gasteiger partial charge is 0.146 e. The highest BCUT2D eigenvalue weighted by atomic mass is 16.5. The summed E-state index contributed by atoms with van der Waals surface area (Å²) in [5, 5.41) is 5.59. The van der Waals surface area contributed by atoms with E-state index in [1.807, 2.05) is 42.7 Å². The Kier molecular flexibility index (Phi) is 5.75. The number of rotatable bonds is 7. The van der Waals surface area contributed by atoms with Crippen LogP contribution in [0.3, 0.4) is 0 Å². The molecule has 0 radical (unpaired) electrons. The van der Waals surface area contributed by atoms with Crippen LogP contribution in [-0.4, -0.2) is 32.0 Å². The van der Waals surface area contributed by atoms with Gasteiger partial charge in [0.1, 0.15) is 17.1 Å². The molecular weight excluding hydrogens is 410 g/mol. The van der Waals surface area contributed by atoms with Gasteiger partial charge in [-0.2, -0.15) is 0 Å². The molecule has 6 nitrogen and oxygen atoms in total. The third-order valence-corrected chi connectivity index (χ3v) is 5.59. The number of nitrogens with zero attached hydrogens (tertiary/aromatic N) is 3. The molecule has 0 aliphatic carbocycles. The summed E-state index contributed by atoms with van der Waals surface area (Å²) >= 11 is 0. The lowest BCUT2D eigenvalue weighted by molar-refractivity contribution is 0.478. The quantitative estimate of drug-likeness (QED) is 0.332. The van der Waals surface area contributed by atoms with Crippen LogP contribution in [0.4, 0.5) is 0 Å². The summed E-state index contributed by atoms with van der Waals surface area (Å²) in [6, 6.07) is 17.2. The summed E-state index contributed by atoms with van der Waals surface area (Å²) in [4.78, 5) is 16.7. The molecule has 166 valence electrons. The van der Waals surface area contributed by atoms with E-state index in [9.17, 15) is 0 Å². The first-order valence-corrected chi connectivity index (χ1v) is 11.3. The van der Waals surface area contributed by atoms with Gasteiger partial charge in [-0.15, -0.1) is 0 Å². The molecular formula is C27H27N5O. The number of aromatic nitrogens is 4. The standard InChI is InChI=1S/C27H27N5O/c1-17(2)31-18(3)11-19-6-8-21(9-7-19)33-22-12-24-23-13-25(20-5-4-10-28-14-20)29-16-26(23)32-27(24)30-15-22/h4-10,12-18,31H,11H2,1-3H3,(H,30,32). The molecule has 0 saturated carbocycles. The second-order valence-electron chi connectivity index (χ2n) is 8.72. The van der Waals surface area contributed by atoms with Crippen molar-refractivity contribution < 1.29 is 4.74 Å². The highest BCUT2D eigenvalue weighted by Gasteiger charge is 2.11. The fraction of sp³-hybridized carbons (Fsp3) is 0.222. The van der Waals surface area contributed by atoms with Crippen LogP contribution in [0.25, 0.3) is 33.2 Å². The highest BCUT2D eigenvalue weighted by Crippen LogP contribution is 2.31. The molecule has 0 aliphatic heterocycles. The molecule has 6 heteroatoms. The van der Waals surface area contributed by atoms with Crippen molar-refractivity contribution in [2.75, 3.05) is 0 Å². The van der Waals surface area contributed by atoms with E-state index >= 15 is 0 Å². The van der Waals surface area contributed by atoms with Crippen LogP contribution in [0.2, 0.25) is 0 Å². The van der Waals surface area contributed by atoms with Gasteiger partial charge in [0.2, 0.25) is 0 Å². The SMILES string of the molecule is CC(C)NC(C)Cc1ccc(Oc2cnc3[nH]c4cnc(-c5cccnc5)cc4c3c2)cc1. The van der Waals surface area contributed by atoms with Crippen molar-refractivity contribution in [2.24, 2.45) is 0 Å². The van der Waals surface area contributed by atoms with Gasteiger partial charge in [-0.25, -0.2) is 4.98 Å². The van der Waals surface area contributed by atoms with E-state index < -0.39 is 0 Å². The summed E-state index contributed by atoms with van der Waals surface area (Å²) in [6.45, 7) is 6.55. The van der Waals surface area contributed by atoms with Gasteiger partial charge in [-0.1, -0.05) is 26.0 Å². The van der Waals surface area contributed by atoms with Gasteiger partial charge in [-0.05, 0) is 55.3 Å². The van der Waals surface area contributed by atoms with Crippen LogP contribution >= 0.6 is 0 Å². The summed E-state index contributed by atoms with van der Waals surface area (Å²) in [5.74, 6) is 1.49. The molecule has 5 aromatic rings. The zero-order valence-corrected chi connectivity index (χ0v) is 19.0. The Morgan fingerprint density at radius 1 is 0.909 bits per heavy atom. The average molecular weight is 438 g/mol. The van der Waals surface area contributed by atoms with Crippen molar-refractivity contribution in [1.29, 1.82) is 0 Å².